The van der Waals surface area contributed by atoms with Crippen LogP contribution in [0.5, 0.6) is 11.6 Å². The number of amides is 2. The lowest BCUT2D eigenvalue weighted by molar-refractivity contribution is -0.142. The summed E-state index contributed by atoms with van der Waals surface area (Å²) in [4.78, 5) is 39.8. The summed E-state index contributed by atoms with van der Waals surface area (Å²) in [5, 5.41) is 5.06. The zero-order chi connectivity index (χ0) is 23.8. The third-order valence-electron chi connectivity index (χ3n) is 4.22. The molecule has 1 rings (SSSR count). The second-order valence-electron chi connectivity index (χ2n) is 7.45. The molecule has 0 bridgehead atoms. The number of nitrogens with zero attached hydrogens (tertiary/aromatic N) is 1. The molecule has 0 aliphatic carbocycles. The van der Waals surface area contributed by atoms with Gasteiger partial charge in [0.25, 0.3) is 11.8 Å². The van der Waals surface area contributed by atoms with Crippen LogP contribution >= 0.6 is 0 Å². The quantitative estimate of drug-likeness (QED) is 0.307. The fourth-order valence-electron chi connectivity index (χ4n) is 2.33. The SMILES string of the molecule is CCCCOCCCNC(=O)c1cnc(OC(=O)NCC(=O)OCCC(C)C)c(OC)c1. The third-order valence-corrected chi connectivity index (χ3v) is 4.22. The Hall–Kier alpha value is -2.88. The Labute approximate surface area is 189 Å². The van der Waals surface area contributed by atoms with Gasteiger partial charge in [0.1, 0.15) is 6.54 Å². The monoisotopic (exact) mass is 453 g/mol. The maximum atomic E-state index is 12.3. The molecule has 0 unspecified atom stereocenters. The van der Waals surface area contributed by atoms with Gasteiger partial charge in [0, 0.05) is 32.0 Å². The molecule has 2 N–H and O–H groups in total. The van der Waals surface area contributed by atoms with Gasteiger partial charge >= 0.3 is 12.1 Å². The molecular weight excluding hydrogens is 418 g/mol. The van der Waals surface area contributed by atoms with Crippen LogP contribution in [0.15, 0.2) is 12.3 Å². The van der Waals surface area contributed by atoms with Gasteiger partial charge in [-0.1, -0.05) is 27.2 Å². The predicted molar refractivity (Wildman–Crippen MR) is 118 cm³/mol. The Bertz CT molecular complexity index is 725. The molecule has 1 aromatic rings. The van der Waals surface area contributed by atoms with Gasteiger partial charge in [-0.25, -0.2) is 9.78 Å². The minimum Gasteiger partial charge on any atom is -0.491 e. The van der Waals surface area contributed by atoms with Crippen LogP contribution in [-0.4, -0.2) is 63.0 Å². The van der Waals surface area contributed by atoms with E-state index < -0.39 is 12.1 Å². The molecule has 0 aliphatic rings. The standard InChI is InChI=1S/C22H35N3O7/c1-5-6-10-30-11-7-9-23-20(27)17-13-18(29-4)21(24-14-17)32-22(28)25-15-19(26)31-12-8-16(2)3/h13-14,16H,5-12,15H2,1-4H3,(H,23,27)(H,25,28). The normalized spacial score (nSPS) is 10.5. The van der Waals surface area contributed by atoms with E-state index >= 15 is 0 Å². The van der Waals surface area contributed by atoms with Crippen LogP contribution in [0.2, 0.25) is 0 Å². The van der Waals surface area contributed by atoms with Crippen molar-refractivity contribution in [2.45, 2.75) is 46.5 Å². The van der Waals surface area contributed by atoms with E-state index in [4.69, 9.17) is 18.9 Å². The van der Waals surface area contributed by atoms with E-state index in [0.29, 0.717) is 25.5 Å². The number of hydrogen-bond donors (Lipinski definition) is 2. The molecule has 0 aromatic carbocycles. The van der Waals surface area contributed by atoms with Gasteiger partial charge in [0.2, 0.25) is 0 Å². The van der Waals surface area contributed by atoms with E-state index in [2.05, 4.69) is 22.5 Å². The van der Waals surface area contributed by atoms with Crippen molar-refractivity contribution < 1.29 is 33.3 Å². The molecule has 0 atom stereocenters. The smallest absolute Gasteiger partial charge is 0.414 e. The summed E-state index contributed by atoms with van der Waals surface area (Å²) in [6.07, 6.45) is 3.92. The second kappa shape index (κ2) is 15.9. The molecule has 0 aliphatic heterocycles. The van der Waals surface area contributed by atoms with Crippen LogP contribution in [0.3, 0.4) is 0 Å². The van der Waals surface area contributed by atoms with Crippen LogP contribution in [0.1, 0.15) is 56.8 Å². The van der Waals surface area contributed by atoms with Gasteiger partial charge in [0.15, 0.2) is 5.75 Å². The lowest BCUT2D eigenvalue weighted by atomic mass is 10.1. The Morgan fingerprint density at radius 3 is 2.53 bits per heavy atom. The fourth-order valence-corrected chi connectivity index (χ4v) is 2.33. The van der Waals surface area contributed by atoms with Crippen molar-refractivity contribution in [3.8, 4) is 11.6 Å². The van der Waals surface area contributed by atoms with Crippen molar-refractivity contribution in [1.82, 2.24) is 15.6 Å². The van der Waals surface area contributed by atoms with Crippen molar-refractivity contribution in [2.24, 2.45) is 5.92 Å². The van der Waals surface area contributed by atoms with Crippen LogP contribution in [-0.2, 0) is 14.3 Å². The van der Waals surface area contributed by atoms with E-state index in [0.717, 1.165) is 25.9 Å². The average molecular weight is 454 g/mol. The first-order valence-corrected chi connectivity index (χ1v) is 10.9. The van der Waals surface area contributed by atoms with Crippen molar-refractivity contribution in [1.29, 1.82) is 0 Å². The Kier molecular flexibility index (Phi) is 13.5. The molecule has 10 heteroatoms. The average Bonchev–Trinajstić information content (AvgIpc) is 2.77. The van der Waals surface area contributed by atoms with Crippen molar-refractivity contribution in [3.63, 3.8) is 0 Å². The molecule has 1 aromatic heterocycles. The topological polar surface area (TPSA) is 125 Å². The van der Waals surface area contributed by atoms with E-state index in [-0.39, 0.29) is 36.3 Å². The van der Waals surface area contributed by atoms with E-state index in [1.807, 2.05) is 13.8 Å². The molecular formula is C22H35N3O7. The molecule has 32 heavy (non-hydrogen) atoms. The zero-order valence-corrected chi connectivity index (χ0v) is 19.4. The number of pyridine rings is 1. The fraction of sp³-hybridized carbons (Fsp3) is 0.636. The second-order valence-corrected chi connectivity index (χ2v) is 7.45. The van der Waals surface area contributed by atoms with Crippen LogP contribution < -0.4 is 20.1 Å². The molecule has 10 nitrogen and oxygen atoms in total. The molecule has 0 spiro atoms. The molecule has 0 fully saturated rings. The summed E-state index contributed by atoms with van der Waals surface area (Å²) in [5.41, 5.74) is 0.259. The number of unbranched alkanes of at least 4 members (excludes halogenated alkanes) is 1. The lowest BCUT2D eigenvalue weighted by Gasteiger charge is -2.11. The molecule has 0 saturated carbocycles. The molecule has 0 saturated heterocycles. The zero-order valence-electron chi connectivity index (χ0n) is 19.4. The van der Waals surface area contributed by atoms with Gasteiger partial charge < -0.3 is 29.6 Å². The third kappa shape index (κ3) is 11.5. The highest BCUT2D eigenvalue weighted by Gasteiger charge is 2.16. The van der Waals surface area contributed by atoms with Gasteiger partial charge in [-0.15, -0.1) is 0 Å². The van der Waals surface area contributed by atoms with E-state index in [1.165, 1.54) is 19.4 Å². The number of carbonyl (C=O) groups is 3. The minimum atomic E-state index is -0.892. The summed E-state index contributed by atoms with van der Waals surface area (Å²) in [5.74, 6) is -0.502. The van der Waals surface area contributed by atoms with Crippen molar-refractivity contribution in [3.05, 3.63) is 17.8 Å². The van der Waals surface area contributed by atoms with E-state index in [9.17, 15) is 14.4 Å². The number of methoxy groups -OCH3 is 1. The first-order valence-electron chi connectivity index (χ1n) is 10.9. The molecule has 2 amide bonds. The highest BCUT2D eigenvalue weighted by Crippen LogP contribution is 2.25. The van der Waals surface area contributed by atoms with Gasteiger partial charge in [0.05, 0.1) is 19.3 Å². The summed E-state index contributed by atoms with van der Waals surface area (Å²) in [6.45, 7) is 7.85. The minimum absolute atomic E-state index is 0.107. The maximum Gasteiger partial charge on any atom is 0.414 e. The highest BCUT2D eigenvalue weighted by molar-refractivity contribution is 5.94. The number of hydrogen-bond acceptors (Lipinski definition) is 8. The number of esters is 1. The molecule has 1 heterocycles. The largest absolute Gasteiger partial charge is 0.491 e. The Morgan fingerprint density at radius 1 is 1.09 bits per heavy atom. The molecule has 180 valence electrons. The number of carbonyl (C=O) groups excluding carboxylic acids is 3. The summed E-state index contributed by atoms with van der Waals surface area (Å²) in [6, 6.07) is 1.42. The predicted octanol–water partition coefficient (Wildman–Crippen LogP) is 2.70. The number of aromatic nitrogens is 1. The maximum absolute atomic E-state index is 12.3. The Morgan fingerprint density at radius 2 is 1.84 bits per heavy atom. The van der Waals surface area contributed by atoms with Crippen LogP contribution in [0.4, 0.5) is 4.79 Å². The summed E-state index contributed by atoms with van der Waals surface area (Å²) < 4.78 is 20.7. The Balaban J connectivity index is 2.45. The van der Waals surface area contributed by atoms with Gasteiger partial charge in [-0.2, -0.15) is 0 Å². The van der Waals surface area contributed by atoms with Gasteiger partial charge in [-0.05, 0) is 25.2 Å². The highest BCUT2D eigenvalue weighted by atomic mass is 16.6. The van der Waals surface area contributed by atoms with Crippen molar-refractivity contribution in [2.75, 3.05) is 40.0 Å². The van der Waals surface area contributed by atoms with Crippen LogP contribution in [0, 0.1) is 5.92 Å². The first kappa shape index (κ1) is 27.2. The summed E-state index contributed by atoms with van der Waals surface area (Å²) >= 11 is 0. The number of rotatable bonds is 15. The molecule has 0 radical (unpaired) electrons. The summed E-state index contributed by atoms with van der Waals surface area (Å²) in [7, 11) is 1.36. The van der Waals surface area contributed by atoms with Crippen LogP contribution in [0.25, 0.3) is 0 Å². The van der Waals surface area contributed by atoms with Gasteiger partial charge in [-0.3, -0.25) is 9.59 Å². The first-order chi connectivity index (χ1) is 15.4. The van der Waals surface area contributed by atoms with Crippen molar-refractivity contribution >= 4 is 18.0 Å². The van der Waals surface area contributed by atoms with E-state index in [1.54, 1.807) is 0 Å². The number of ether oxygens (including phenoxy) is 4. The number of nitrogens with one attached hydrogen (secondary N) is 2. The lowest BCUT2D eigenvalue weighted by Crippen LogP contribution is -2.33.